The molecular formula is C11H17N3O3. The lowest BCUT2D eigenvalue weighted by Crippen LogP contribution is -2.42. The molecule has 6 heteroatoms. The number of urea groups is 1. The van der Waals surface area contributed by atoms with Gasteiger partial charge >= 0.3 is 6.03 Å². The Kier molecular flexibility index (Phi) is 3.98. The highest BCUT2D eigenvalue weighted by molar-refractivity contribution is 5.74. The van der Waals surface area contributed by atoms with Crippen molar-refractivity contribution in [3.63, 3.8) is 0 Å². The van der Waals surface area contributed by atoms with E-state index in [0.29, 0.717) is 19.7 Å². The normalized spacial score (nSPS) is 21.0. The molecule has 1 aromatic heterocycles. The monoisotopic (exact) mass is 239 g/mol. The molecule has 1 aromatic rings. The van der Waals surface area contributed by atoms with E-state index in [1.165, 1.54) is 6.26 Å². The number of amides is 2. The second-order valence-corrected chi connectivity index (χ2v) is 4.13. The molecule has 2 rings (SSSR count). The Morgan fingerprint density at radius 1 is 1.71 bits per heavy atom. The summed E-state index contributed by atoms with van der Waals surface area (Å²) in [5, 5.41) is 6.55. The zero-order valence-electron chi connectivity index (χ0n) is 9.89. The number of hydrogen-bond donors (Lipinski definition) is 1. The smallest absolute Gasteiger partial charge is 0.317 e. The molecule has 6 nitrogen and oxygen atoms in total. The van der Waals surface area contributed by atoms with Crippen LogP contribution in [0.15, 0.2) is 16.9 Å². The van der Waals surface area contributed by atoms with Crippen molar-refractivity contribution < 1.29 is 14.1 Å². The van der Waals surface area contributed by atoms with Crippen LogP contribution < -0.4 is 5.32 Å². The van der Waals surface area contributed by atoms with Crippen molar-refractivity contribution in [1.82, 2.24) is 15.4 Å². The summed E-state index contributed by atoms with van der Waals surface area (Å²) >= 11 is 0. The van der Waals surface area contributed by atoms with E-state index in [1.54, 1.807) is 11.0 Å². The fraction of sp³-hybridized carbons (Fsp3) is 0.636. The molecule has 0 unspecified atom stereocenters. The molecule has 2 amide bonds. The van der Waals surface area contributed by atoms with E-state index < -0.39 is 0 Å². The van der Waals surface area contributed by atoms with Gasteiger partial charge in [-0.15, -0.1) is 0 Å². The molecule has 0 saturated carbocycles. The number of rotatable bonds is 2. The Balaban J connectivity index is 1.82. The first kappa shape index (κ1) is 11.9. The SMILES string of the molecule is C[C@@H]1CN(C(=O)NCc2ccon2)CCCO1. The molecule has 94 valence electrons. The van der Waals surface area contributed by atoms with Gasteiger partial charge in [0.25, 0.3) is 0 Å². The molecule has 1 aliphatic rings. The van der Waals surface area contributed by atoms with Gasteiger partial charge in [-0.3, -0.25) is 0 Å². The fourth-order valence-electron chi connectivity index (χ4n) is 1.79. The maximum absolute atomic E-state index is 11.9. The number of hydrogen-bond acceptors (Lipinski definition) is 4. The van der Waals surface area contributed by atoms with Crippen LogP contribution in [0.5, 0.6) is 0 Å². The second-order valence-electron chi connectivity index (χ2n) is 4.13. The molecule has 0 spiro atoms. The van der Waals surface area contributed by atoms with Crippen LogP contribution in [0.2, 0.25) is 0 Å². The van der Waals surface area contributed by atoms with E-state index in [0.717, 1.165) is 18.7 Å². The van der Waals surface area contributed by atoms with Crippen LogP contribution in [0.1, 0.15) is 19.0 Å². The Bertz CT molecular complexity index is 353. The van der Waals surface area contributed by atoms with Gasteiger partial charge in [0.1, 0.15) is 12.0 Å². The van der Waals surface area contributed by atoms with Crippen molar-refractivity contribution in [1.29, 1.82) is 0 Å². The molecule has 1 aliphatic heterocycles. The third kappa shape index (κ3) is 3.45. The van der Waals surface area contributed by atoms with Gasteiger partial charge in [0.05, 0.1) is 12.6 Å². The zero-order valence-corrected chi connectivity index (χ0v) is 9.89. The highest BCUT2D eigenvalue weighted by atomic mass is 16.5. The molecule has 1 atom stereocenters. The molecule has 17 heavy (non-hydrogen) atoms. The van der Waals surface area contributed by atoms with E-state index in [9.17, 15) is 4.79 Å². The van der Waals surface area contributed by atoms with Gasteiger partial charge in [0, 0.05) is 25.8 Å². The summed E-state index contributed by atoms with van der Waals surface area (Å²) in [5.41, 5.74) is 0.720. The fourth-order valence-corrected chi connectivity index (χ4v) is 1.79. The minimum absolute atomic E-state index is 0.0784. The van der Waals surface area contributed by atoms with Crippen LogP contribution in [0, 0.1) is 0 Å². The molecule has 0 radical (unpaired) electrons. The topological polar surface area (TPSA) is 67.6 Å². The standard InChI is InChI=1S/C11H17N3O3/c1-9-8-14(4-2-5-16-9)11(15)12-7-10-3-6-17-13-10/h3,6,9H,2,4-5,7-8H2,1H3,(H,12,15)/t9-/m1/s1. The first-order chi connectivity index (χ1) is 8.25. The van der Waals surface area contributed by atoms with Crippen LogP contribution in [-0.2, 0) is 11.3 Å². The predicted molar refractivity (Wildman–Crippen MR) is 60.3 cm³/mol. The van der Waals surface area contributed by atoms with Gasteiger partial charge in [-0.25, -0.2) is 4.79 Å². The van der Waals surface area contributed by atoms with Crippen LogP contribution >= 0.6 is 0 Å². The van der Waals surface area contributed by atoms with Crippen molar-refractivity contribution in [3.8, 4) is 0 Å². The van der Waals surface area contributed by atoms with Gasteiger partial charge in [0.2, 0.25) is 0 Å². The van der Waals surface area contributed by atoms with E-state index in [4.69, 9.17) is 9.26 Å². The largest absolute Gasteiger partial charge is 0.377 e. The van der Waals surface area contributed by atoms with E-state index in [2.05, 4.69) is 10.5 Å². The van der Waals surface area contributed by atoms with Crippen molar-refractivity contribution in [2.45, 2.75) is 26.0 Å². The summed E-state index contributed by atoms with van der Waals surface area (Å²) in [6, 6.07) is 1.65. The number of nitrogens with zero attached hydrogens (tertiary/aromatic N) is 2. The molecular weight excluding hydrogens is 222 g/mol. The Morgan fingerprint density at radius 3 is 3.35 bits per heavy atom. The molecule has 0 aliphatic carbocycles. The van der Waals surface area contributed by atoms with Gasteiger partial charge in [-0.2, -0.15) is 0 Å². The summed E-state index contributed by atoms with van der Waals surface area (Å²) in [5.74, 6) is 0. The van der Waals surface area contributed by atoms with Crippen LogP contribution in [0.25, 0.3) is 0 Å². The number of carbonyl (C=O) groups is 1. The summed E-state index contributed by atoms with van der Waals surface area (Å²) in [6.07, 6.45) is 2.46. The minimum Gasteiger partial charge on any atom is -0.377 e. The number of carbonyl (C=O) groups excluding carboxylic acids is 1. The quantitative estimate of drug-likeness (QED) is 0.835. The number of nitrogens with one attached hydrogen (secondary N) is 1. The molecule has 1 saturated heterocycles. The number of aromatic nitrogens is 1. The Labute approximate surface area is 99.9 Å². The van der Waals surface area contributed by atoms with Crippen molar-refractivity contribution in [2.75, 3.05) is 19.7 Å². The molecule has 2 heterocycles. The Morgan fingerprint density at radius 2 is 2.59 bits per heavy atom. The van der Waals surface area contributed by atoms with E-state index in [1.807, 2.05) is 6.92 Å². The summed E-state index contributed by atoms with van der Waals surface area (Å²) in [7, 11) is 0. The lowest BCUT2D eigenvalue weighted by atomic mass is 10.3. The summed E-state index contributed by atoms with van der Waals surface area (Å²) in [4.78, 5) is 13.7. The van der Waals surface area contributed by atoms with E-state index in [-0.39, 0.29) is 12.1 Å². The second kappa shape index (κ2) is 5.67. The highest BCUT2D eigenvalue weighted by Gasteiger charge is 2.19. The van der Waals surface area contributed by atoms with Gasteiger partial charge in [-0.1, -0.05) is 5.16 Å². The third-order valence-electron chi connectivity index (χ3n) is 2.65. The lowest BCUT2D eigenvalue weighted by molar-refractivity contribution is 0.0710. The maximum Gasteiger partial charge on any atom is 0.317 e. The maximum atomic E-state index is 11.9. The minimum atomic E-state index is -0.0784. The first-order valence-electron chi connectivity index (χ1n) is 5.79. The summed E-state index contributed by atoms with van der Waals surface area (Å²) in [6.45, 7) is 4.44. The summed E-state index contributed by atoms with van der Waals surface area (Å²) < 4.78 is 10.2. The third-order valence-corrected chi connectivity index (χ3v) is 2.65. The Hall–Kier alpha value is -1.56. The van der Waals surface area contributed by atoms with Crippen LogP contribution in [0.4, 0.5) is 4.79 Å². The molecule has 1 fully saturated rings. The predicted octanol–water partition coefficient (Wildman–Crippen LogP) is 0.995. The van der Waals surface area contributed by atoms with Crippen molar-refractivity contribution in [3.05, 3.63) is 18.0 Å². The van der Waals surface area contributed by atoms with Gasteiger partial charge in [0.15, 0.2) is 0 Å². The molecule has 0 aromatic carbocycles. The van der Waals surface area contributed by atoms with Crippen LogP contribution in [0.3, 0.4) is 0 Å². The lowest BCUT2D eigenvalue weighted by Gasteiger charge is -2.22. The highest BCUT2D eigenvalue weighted by Crippen LogP contribution is 2.05. The van der Waals surface area contributed by atoms with Gasteiger partial charge in [-0.05, 0) is 13.3 Å². The number of ether oxygens (including phenoxy) is 1. The first-order valence-corrected chi connectivity index (χ1v) is 5.79. The van der Waals surface area contributed by atoms with Gasteiger partial charge < -0.3 is 19.5 Å². The van der Waals surface area contributed by atoms with Crippen molar-refractivity contribution in [2.24, 2.45) is 0 Å². The van der Waals surface area contributed by atoms with Crippen LogP contribution in [-0.4, -0.2) is 41.9 Å². The molecule has 0 bridgehead atoms. The average Bonchev–Trinajstić information content (AvgIpc) is 2.74. The van der Waals surface area contributed by atoms with Crippen molar-refractivity contribution >= 4 is 6.03 Å². The molecule has 1 N–H and O–H groups in total. The average molecular weight is 239 g/mol. The zero-order chi connectivity index (χ0) is 12.1. The van der Waals surface area contributed by atoms with E-state index >= 15 is 0 Å².